The summed E-state index contributed by atoms with van der Waals surface area (Å²) >= 11 is 0. The van der Waals surface area contributed by atoms with E-state index in [-0.39, 0.29) is 18.7 Å². The van der Waals surface area contributed by atoms with E-state index < -0.39 is 0 Å². The Morgan fingerprint density at radius 3 is 2.50 bits per heavy atom. The van der Waals surface area contributed by atoms with Gasteiger partial charge < -0.3 is 4.74 Å². The minimum absolute atomic E-state index is 0. The molecule has 1 aromatic carbocycles. The lowest BCUT2D eigenvalue weighted by molar-refractivity contribution is -0.117. The monoisotopic (exact) mass is 408 g/mol. The third-order valence-electron chi connectivity index (χ3n) is 5.12. The molecule has 0 unspecified atom stereocenters. The van der Waals surface area contributed by atoms with E-state index in [9.17, 15) is 4.79 Å². The summed E-state index contributed by atoms with van der Waals surface area (Å²) in [6.45, 7) is 6.63. The Labute approximate surface area is 178 Å². The maximum absolute atomic E-state index is 12.5. The van der Waals surface area contributed by atoms with E-state index in [0.717, 1.165) is 29.6 Å². The molecule has 1 amide bonds. The summed E-state index contributed by atoms with van der Waals surface area (Å²) in [6, 6.07) is 14.1. The van der Waals surface area contributed by atoms with E-state index in [0.29, 0.717) is 30.9 Å². The van der Waals surface area contributed by atoms with Gasteiger partial charge in [0.2, 0.25) is 17.7 Å². The zero-order valence-electron chi connectivity index (χ0n) is 17.3. The molecule has 2 heterocycles. The molecule has 0 spiro atoms. The van der Waals surface area contributed by atoms with E-state index in [1.54, 1.807) is 0 Å². The van der Waals surface area contributed by atoms with Crippen LogP contribution in [0.15, 0.2) is 42.5 Å². The van der Waals surface area contributed by atoms with Gasteiger partial charge in [0.25, 0.3) is 0 Å². The van der Waals surface area contributed by atoms with Gasteiger partial charge in [0, 0.05) is 18.5 Å². The van der Waals surface area contributed by atoms with Crippen molar-refractivity contribution in [2.75, 3.05) is 5.32 Å². The number of carbonyl (C=O) groups is 1. The molecule has 3 aromatic rings. The predicted molar refractivity (Wildman–Crippen MR) is 121 cm³/mol. The quantitative estimate of drug-likeness (QED) is 0.564. The van der Waals surface area contributed by atoms with Crippen molar-refractivity contribution < 1.29 is 9.53 Å². The van der Waals surface area contributed by atoms with Gasteiger partial charge in [0.15, 0.2) is 5.65 Å². The number of ether oxygens (including phenoxy) is 1. The Bertz CT molecular complexity index is 1000. The fraction of sp³-hybridized carbons (Fsp3) is 0.458. The highest BCUT2D eigenvalue weighted by Gasteiger charge is 2.27. The summed E-state index contributed by atoms with van der Waals surface area (Å²) in [7, 11) is 0. The molecule has 1 aliphatic rings. The van der Waals surface area contributed by atoms with Crippen molar-refractivity contribution in [3.63, 3.8) is 0 Å². The van der Waals surface area contributed by atoms with Crippen LogP contribution in [0.5, 0.6) is 5.88 Å². The molecule has 0 atom stereocenters. The number of hydrogen-bond donors (Lipinski definition) is 1. The Morgan fingerprint density at radius 2 is 1.87 bits per heavy atom. The minimum atomic E-state index is -0.0753. The second kappa shape index (κ2) is 8.86. The summed E-state index contributed by atoms with van der Waals surface area (Å²) in [5.74, 6) is 1.13. The average molecular weight is 409 g/mol. The van der Waals surface area contributed by atoms with Crippen LogP contribution in [0.25, 0.3) is 11.2 Å². The Morgan fingerprint density at radius 1 is 1.13 bits per heavy atom. The van der Waals surface area contributed by atoms with Gasteiger partial charge >= 0.3 is 0 Å². The Hall–Kier alpha value is -2.89. The summed E-state index contributed by atoms with van der Waals surface area (Å²) in [5.41, 5.74) is 2.56. The van der Waals surface area contributed by atoms with Gasteiger partial charge in [-0.25, -0.2) is 4.98 Å². The molecule has 0 bridgehead atoms. The number of benzene rings is 1. The lowest BCUT2D eigenvalue weighted by Gasteiger charge is -2.28. The third-order valence-corrected chi connectivity index (χ3v) is 5.12. The van der Waals surface area contributed by atoms with Crippen LogP contribution in [0, 0.1) is 5.41 Å². The molecule has 0 aliphatic heterocycles. The number of fused-ring (bicyclic) bond motifs is 1. The van der Waals surface area contributed by atoms with Crippen molar-refractivity contribution in [3.8, 4) is 5.88 Å². The van der Waals surface area contributed by atoms with Crippen LogP contribution >= 0.6 is 0 Å². The molecule has 0 saturated heterocycles. The highest BCUT2D eigenvalue weighted by atomic mass is 16.5. The maximum Gasteiger partial charge on any atom is 0.227 e. The lowest BCUT2D eigenvalue weighted by Crippen LogP contribution is -2.24. The molecule has 1 N–H and O–H groups in total. The fourth-order valence-electron chi connectivity index (χ4n) is 3.50. The molecule has 6 nitrogen and oxygen atoms in total. The van der Waals surface area contributed by atoms with Gasteiger partial charge in [0.1, 0.15) is 12.1 Å². The molecule has 30 heavy (non-hydrogen) atoms. The van der Waals surface area contributed by atoms with E-state index in [1.165, 1.54) is 6.42 Å². The zero-order valence-corrected chi connectivity index (χ0v) is 17.3. The van der Waals surface area contributed by atoms with Crippen molar-refractivity contribution in [2.45, 2.75) is 66.5 Å². The number of nitrogens with zero attached hydrogens (tertiary/aromatic N) is 3. The van der Waals surface area contributed by atoms with Crippen LogP contribution in [-0.2, 0) is 11.4 Å². The summed E-state index contributed by atoms with van der Waals surface area (Å²) in [4.78, 5) is 21.9. The molecule has 1 fully saturated rings. The summed E-state index contributed by atoms with van der Waals surface area (Å²) in [6.07, 6.45) is 3.78. The third kappa shape index (κ3) is 4.99. The highest BCUT2D eigenvalue weighted by molar-refractivity contribution is 5.91. The molecule has 160 valence electrons. The second-order valence-corrected chi connectivity index (χ2v) is 8.94. The number of aromatic nitrogens is 3. The number of carbonyl (C=O) groups excluding carboxylic acids is 1. The van der Waals surface area contributed by atoms with Gasteiger partial charge in [-0.15, -0.1) is 0 Å². The van der Waals surface area contributed by atoms with Crippen molar-refractivity contribution >= 4 is 23.0 Å². The Balaban J connectivity index is 0.00000256. The maximum atomic E-state index is 12.5. The van der Waals surface area contributed by atoms with Crippen LogP contribution < -0.4 is 10.1 Å². The SMILES string of the molecule is C.CC(C)(C)CC(=O)Nc1nc2ccc(OCc3ccccc3)nc2n1C1CCC1. The van der Waals surface area contributed by atoms with Crippen molar-refractivity contribution in [1.29, 1.82) is 0 Å². The van der Waals surface area contributed by atoms with E-state index in [4.69, 9.17) is 9.72 Å². The topological polar surface area (TPSA) is 69.0 Å². The largest absolute Gasteiger partial charge is 0.473 e. The molecule has 6 heteroatoms. The Kier molecular flexibility index (Phi) is 6.44. The number of nitrogens with one attached hydrogen (secondary N) is 1. The molecule has 1 aliphatic carbocycles. The number of rotatable bonds is 6. The minimum Gasteiger partial charge on any atom is -0.473 e. The van der Waals surface area contributed by atoms with Crippen LogP contribution in [0.2, 0.25) is 0 Å². The number of hydrogen-bond acceptors (Lipinski definition) is 4. The van der Waals surface area contributed by atoms with Gasteiger partial charge in [0.05, 0.1) is 0 Å². The molecule has 0 radical (unpaired) electrons. The van der Waals surface area contributed by atoms with Crippen LogP contribution in [0.3, 0.4) is 0 Å². The van der Waals surface area contributed by atoms with Crippen LogP contribution in [-0.4, -0.2) is 20.4 Å². The first-order chi connectivity index (χ1) is 13.9. The summed E-state index contributed by atoms with van der Waals surface area (Å²) < 4.78 is 7.98. The molecule has 4 rings (SSSR count). The average Bonchev–Trinajstić information content (AvgIpc) is 2.95. The van der Waals surface area contributed by atoms with E-state index in [1.807, 2.05) is 42.5 Å². The smallest absolute Gasteiger partial charge is 0.227 e. The van der Waals surface area contributed by atoms with Gasteiger partial charge in [-0.05, 0) is 36.3 Å². The highest BCUT2D eigenvalue weighted by Crippen LogP contribution is 2.37. The number of anilines is 1. The van der Waals surface area contributed by atoms with Crippen molar-refractivity contribution in [1.82, 2.24) is 14.5 Å². The van der Waals surface area contributed by atoms with Gasteiger partial charge in [-0.2, -0.15) is 4.98 Å². The standard InChI is InChI=1S/C23H28N4O2.CH4/c1-23(2,3)14-19(28)25-22-24-18-12-13-20(29-15-16-8-5-4-6-9-16)26-21(18)27(22)17-10-7-11-17;/h4-6,8-9,12-13,17H,7,10-11,14-15H2,1-3H3,(H,24,25,28);1H4. The first-order valence-electron chi connectivity index (χ1n) is 10.2. The first kappa shape index (κ1) is 21.8. The number of amides is 1. The number of imidazole rings is 1. The van der Waals surface area contributed by atoms with Crippen molar-refractivity contribution in [2.24, 2.45) is 5.41 Å². The molecule has 1 saturated carbocycles. The molecule has 2 aromatic heterocycles. The zero-order chi connectivity index (χ0) is 20.4. The lowest BCUT2D eigenvalue weighted by atomic mass is 9.92. The van der Waals surface area contributed by atoms with Crippen LogP contribution in [0.1, 0.15) is 65.5 Å². The van der Waals surface area contributed by atoms with E-state index in [2.05, 4.69) is 35.6 Å². The molecular formula is C24H32N4O2. The van der Waals surface area contributed by atoms with Gasteiger partial charge in [-0.1, -0.05) is 58.5 Å². The first-order valence-corrected chi connectivity index (χ1v) is 10.2. The second-order valence-electron chi connectivity index (χ2n) is 8.94. The molecular weight excluding hydrogens is 376 g/mol. The predicted octanol–water partition coefficient (Wildman–Crippen LogP) is 5.75. The van der Waals surface area contributed by atoms with E-state index >= 15 is 0 Å². The van der Waals surface area contributed by atoms with Crippen LogP contribution in [0.4, 0.5) is 5.95 Å². The van der Waals surface area contributed by atoms with Crippen molar-refractivity contribution in [3.05, 3.63) is 48.0 Å². The fourth-order valence-corrected chi connectivity index (χ4v) is 3.50. The number of pyridine rings is 1. The van der Waals surface area contributed by atoms with Gasteiger partial charge in [-0.3, -0.25) is 14.7 Å². The summed E-state index contributed by atoms with van der Waals surface area (Å²) in [5, 5.41) is 3.02. The normalized spacial score (nSPS) is 14.1.